The maximum absolute atomic E-state index is 12.2. The third kappa shape index (κ3) is 3.00. The first-order valence-electron chi connectivity index (χ1n) is 6.23. The van der Waals surface area contributed by atoms with Gasteiger partial charge >= 0.3 is 7.12 Å². The lowest BCUT2D eigenvalue weighted by Gasteiger charge is -2.34. The maximum Gasteiger partial charge on any atom is 0.475 e. The standard InChI is InChI=1S/C11H23BN2O3/c1-4-11(2,3)9(13)10(15)14-7-5-6-8(14)12(16)17/h8-9,16-17H,4-7,13H2,1-3H3/t8-,9+/m0/s1. The number of hydrogen-bond donors (Lipinski definition) is 3. The topological polar surface area (TPSA) is 86.8 Å². The van der Waals surface area contributed by atoms with Crippen LogP contribution >= 0.6 is 0 Å². The fourth-order valence-electron chi connectivity index (χ4n) is 2.11. The molecule has 1 saturated heterocycles. The quantitative estimate of drug-likeness (QED) is 0.593. The number of rotatable bonds is 4. The van der Waals surface area contributed by atoms with Crippen molar-refractivity contribution in [3.63, 3.8) is 0 Å². The Kier molecular flexibility index (Phi) is 4.58. The Morgan fingerprint density at radius 2 is 2.18 bits per heavy atom. The lowest BCUT2D eigenvalue weighted by atomic mass is 9.76. The summed E-state index contributed by atoms with van der Waals surface area (Å²) in [4.78, 5) is 13.8. The minimum atomic E-state index is -1.47. The number of carbonyl (C=O) groups excluding carboxylic acids is 1. The zero-order valence-corrected chi connectivity index (χ0v) is 10.9. The van der Waals surface area contributed by atoms with Crippen molar-refractivity contribution < 1.29 is 14.8 Å². The molecule has 5 nitrogen and oxygen atoms in total. The third-order valence-corrected chi connectivity index (χ3v) is 3.95. The van der Waals surface area contributed by atoms with E-state index < -0.39 is 19.1 Å². The summed E-state index contributed by atoms with van der Waals surface area (Å²) in [5.74, 6) is -0.673. The molecule has 0 aromatic heterocycles. The Labute approximate surface area is 103 Å². The molecule has 98 valence electrons. The van der Waals surface area contributed by atoms with Crippen LogP contribution in [0.5, 0.6) is 0 Å². The normalized spacial score (nSPS) is 22.7. The molecular formula is C11H23BN2O3. The Hall–Kier alpha value is -0.585. The number of hydrogen-bond acceptors (Lipinski definition) is 4. The maximum atomic E-state index is 12.2. The summed E-state index contributed by atoms with van der Waals surface area (Å²) in [6.07, 6.45) is 2.23. The zero-order chi connectivity index (χ0) is 13.2. The molecule has 0 aromatic carbocycles. The van der Waals surface area contributed by atoms with Gasteiger partial charge in [0.25, 0.3) is 0 Å². The monoisotopic (exact) mass is 242 g/mol. The fraction of sp³-hybridized carbons (Fsp3) is 0.909. The van der Waals surface area contributed by atoms with E-state index in [-0.39, 0.29) is 11.3 Å². The Morgan fingerprint density at radius 1 is 1.59 bits per heavy atom. The smallest absolute Gasteiger partial charge is 0.426 e. The minimum absolute atomic E-state index is 0.174. The molecule has 1 fully saturated rings. The lowest BCUT2D eigenvalue weighted by Crippen LogP contribution is -2.55. The second kappa shape index (κ2) is 5.37. The molecule has 0 bridgehead atoms. The van der Waals surface area contributed by atoms with Crippen LogP contribution in [-0.4, -0.2) is 46.5 Å². The van der Waals surface area contributed by atoms with Crippen LogP contribution in [-0.2, 0) is 4.79 Å². The molecule has 0 aliphatic carbocycles. The molecule has 17 heavy (non-hydrogen) atoms. The van der Waals surface area contributed by atoms with Crippen LogP contribution in [0, 0.1) is 5.41 Å². The molecule has 1 aliphatic rings. The van der Waals surface area contributed by atoms with Crippen LogP contribution in [0.3, 0.4) is 0 Å². The van der Waals surface area contributed by atoms with Gasteiger partial charge in [0.1, 0.15) is 0 Å². The molecule has 1 heterocycles. The fourth-order valence-corrected chi connectivity index (χ4v) is 2.11. The molecule has 0 saturated carbocycles. The van der Waals surface area contributed by atoms with E-state index in [1.807, 2.05) is 20.8 Å². The van der Waals surface area contributed by atoms with E-state index >= 15 is 0 Å². The van der Waals surface area contributed by atoms with Gasteiger partial charge in [0.2, 0.25) is 5.91 Å². The lowest BCUT2D eigenvalue weighted by molar-refractivity contribution is -0.135. The van der Waals surface area contributed by atoms with Gasteiger partial charge in [0.05, 0.1) is 12.0 Å². The SMILES string of the molecule is CCC(C)(C)[C@H](N)C(=O)N1CCC[C@H]1B(O)O. The molecule has 1 rings (SSSR count). The average Bonchev–Trinajstić information content (AvgIpc) is 2.75. The van der Waals surface area contributed by atoms with Gasteiger partial charge in [-0.25, -0.2) is 0 Å². The second-order valence-electron chi connectivity index (χ2n) is 5.47. The number of nitrogens with two attached hydrogens (primary N) is 1. The largest absolute Gasteiger partial charge is 0.475 e. The van der Waals surface area contributed by atoms with Crippen LogP contribution < -0.4 is 5.73 Å². The molecule has 0 aromatic rings. The van der Waals surface area contributed by atoms with Crippen molar-refractivity contribution in [3.8, 4) is 0 Å². The summed E-state index contributed by atoms with van der Waals surface area (Å²) in [6.45, 7) is 6.47. The first-order chi connectivity index (χ1) is 7.81. The summed E-state index contributed by atoms with van der Waals surface area (Å²) < 4.78 is 0. The number of amides is 1. The highest BCUT2D eigenvalue weighted by molar-refractivity contribution is 6.43. The van der Waals surface area contributed by atoms with Crippen molar-refractivity contribution in [2.45, 2.75) is 52.0 Å². The van der Waals surface area contributed by atoms with Gasteiger partial charge in [-0.3, -0.25) is 4.79 Å². The number of nitrogens with zero attached hydrogens (tertiary/aromatic N) is 1. The van der Waals surface area contributed by atoms with Gasteiger partial charge in [-0.05, 0) is 24.7 Å². The Bertz CT molecular complexity index is 284. The molecule has 2 atom stereocenters. The zero-order valence-electron chi connectivity index (χ0n) is 10.9. The summed E-state index contributed by atoms with van der Waals surface area (Å²) in [5, 5.41) is 18.5. The van der Waals surface area contributed by atoms with Gasteiger partial charge in [-0.2, -0.15) is 0 Å². The highest BCUT2D eigenvalue weighted by Crippen LogP contribution is 2.27. The Balaban J connectivity index is 2.76. The van der Waals surface area contributed by atoms with Crippen molar-refractivity contribution in [2.75, 3.05) is 6.54 Å². The van der Waals surface area contributed by atoms with Crippen molar-refractivity contribution in [1.82, 2.24) is 4.90 Å². The summed E-state index contributed by atoms with van der Waals surface area (Å²) in [5.41, 5.74) is 5.72. The number of carbonyl (C=O) groups is 1. The van der Waals surface area contributed by atoms with Crippen LogP contribution in [0.25, 0.3) is 0 Å². The van der Waals surface area contributed by atoms with Crippen molar-refractivity contribution in [3.05, 3.63) is 0 Å². The predicted octanol–water partition coefficient (Wildman–Crippen LogP) is -0.247. The van der Waals surface area contributed by atoms with Crippen molar-refractivity contribution >= 4 is 13.0 Å². The van der Waals surface area contributed by atoms with Crippen molar-refractivity contribution in [1.29, 1.82) is 0 Å². The minimum Gasteiger partial charge on any atom is -0.426 e. The summed E-state index contributed by atoms with van der Waals surface area (Å²) >= 11 is 0. The van der Waals surface area contributed by atoms with E-state index in [0.29, 0.717) is 13.0 Å². The van der Waals surface area contributed by atoms with E-state index in [1.54, 1.807) is 0 Å². The molecule has 0 radical (unpaired) electrons. The van der Waals surface area contributed by atoms with Gasteiger partial charge < -0.3 is 20.7 Å². The molecule has 1 aliphatic heterocycles. The van der Waals surface area contributed by atoms with Gasteiger partial charge in [-0.1, -0.05) is 20.8 Å². The Morgan fingerprint density at radius 3 is 2.65 bits per heavy atom. The molecule has 4 N–H and O–H groups in total. The van der Waals surface area contributed by atoms with E-state index in [4.69, 9.17) is 5.73 Å². The molecule has 0 unspecified atom stereocenters. The number of likely N-dealkylation sites (tertiary alicyclic amines) is 1. The van der Waals surface area contributed by atoms with E-state index in [1.165, 1.54) is 4.90 Å². The van der Waals surface area contributed by atoms with Crippen LogP contribution in [0.2, 0.25) is 0 Å². The summed E-state index contributed by atoms with van der Waals surface area (Å²) in [6, 6.07) is -0.591. The predicted molar refractivity (Wildman–Crippen MR) is 67.0 cm³/mol. The second-order valence-corrected chi connectivity index (χ2v) is 5.47. The molecule has 6 heteroatoms. The molecule has 0 spiro atoms. The van der Waals surface area contributed by atoms with E-state index in [2.05, 4.69) is 0 Å². The van der Waals surface area contributed by atoms with E-state index in [9.17, 15) is 14.8 Å². The average molecular weight is 242 g/mol. The van der Waals surface area contributed by atoms with Crippen LogP contribution in [0.1, 0.15) is 40.0 Å². The molecule has 1 amide bonds. The van der Waals surface area contributed by atoms with E-state index in [0.717, 1.165) is 12.8 Å². The van der Waals surface area contributed by atoms with Gasteiger partial charge in [-0.15, -0.1) is 0 Å². The first kappa shape index (κ1) is 14.5. The highest BCUT2D eigenvalue weighted by Gasteiger charge is 2.41. The molecular weight excluding hydrogens is 219 g/mol. The first-order valence-corrected chi connectivity index (χ1v) is 6.23. The highest BCUT2D eigenvalue weighted by atomic mass is 16.4. The van der Waals surface area contributed by atoms with Gasteiger partial charge in [0, 0.05) is 6.54 Å². The van der Waals surface area contributed by atoms with Gasteiger partial charge in [0.15, 0.2) is 0 Å². The summed E-state index contributed by atoms with van der Waals surface area (Å²) in [7, 11) is -1.47. The third-order valence-electron chi connectivity index (χ3n) is 3.95. The van der Waals surface area contributed by atoms with Crippen molar-refractivity contribution in [2.24, 2.45) is 11.1 Å². The van der Waals surface area contributed by atoms with Crippen LogP contribution in [0.15, 0.2) is 0 Å². The van der Waals surface area contributed by atoms with Crippen LogP contribution in [0.4, 0.5) is 0 Å².